The molecular weight excluding hydrogens is 811 g/mol. The molecule has 3 nitrogen and oxygen atoms in total. The van der Waals surface area contributed by atoms with Crippen LogP contribution in [0, 0.1) is 0 Å². The van der Waals surface area contributed by atoms with Gasteiger partial charge in [-0.1, -0.05) is 147 Å². The Morgan fingerprint density at radius 1 is 0.388 bits per heavy atom. The molecule has 67 heavy (non-hydrogen) atoms. The third-order valence-electron chi connectivity index (χ3n) is 15.6. The molecule has 1 aliphatic heterocycles. The maximum absolute atomic E-state index is 2.49. The van der Waals surface area contributed by atoms with E-state index in [1.165, 1.54) is 116 Å². The molecule has 0 bridgehead atoms. The highest BCUT2D eigenvalue weighted by Gasteiger charge is 2.44. The Balaban J connectivity index is 0.900. The van der Waals surface area contributed by atoms with Gasteiger partial charge in [0.1, 0.15) is 0 Å². The molecule has 318 valence electrons. The zero-order valence-corrected chi connectivity index (χ0v) is 37.8. The minimum absolute atomic E-state index is 0.0327. The van der Waals surface area contributed by atoms with E-state index in [1.807, 2.05) is 0 Å². The molecule has 0 amide bonds. The summed E-state index contributed by atoms with van der Waals surface area (Å²) in [7, 11) is 0. The van der Waals surface area contributed by atoms with Crippen molar-refractivity contribution in [2.45, 2.75) is 38.0 Å². The Hall–Kier alpha value is -8.14. The molecule has 0 spiro atoms. The van der Waals surface area contributed by atoms with Crippen LogP contribution in [0.3, 0.4) is 0 Å². The fourth-order valence-corrected chi connectivity index (χ4v) is 12.2. The summed E-state index contributed by atoms with van der Waals surface area (Å²) in [6.07, 6.45) is 7.82. The fraction of sp³-hybridized carbons (Fsp3) is 0.0938. The lowest BCUT2D eigenvalue weighted by atomic mass is 9.77. The molecule has 3 heterocycles. The van der Waals surface area contributed by atoms with Gasteiger partial charge in [-0.25, -0.2) is 0 Å². The summed E-state index contributed by atoms with van der Waals surface area (Å²) in [4.78, 5) is 2.47. The molecule has 1 atom stereocenters. The first kappa shape index (κ1) is 38.2. The second-order valence-corrected chi connectivity index (χ2v) is 19.5. The van der Waals surface area contributed by atoms with Gasteiger partial charge < -0.3 is 14.0 Å². The molecule has 1 unspecified atom stereocenters. The van der Waals surface area contributed by atoms with Crippen molar-refractivity contribution < 1.29 is 0 Å². The lowest BCUT2D eigenvalue weighted by molar-refractivity contribution is 0.577. The number of nitrogens with zero attached hydrogens (tertiary/aromatic N) is 3. The van der Waals surface area contributed by atoms with Crippen LogP contribution in [-0.4, -0.2) is 9.13 Å². The number of hydrogen-bond donors (Lipinski definition) is 0. The number of benzene rings is 9. The van der Waals surface area contributed by atoms with Crippen molar-refractivity contribution in [1.82, 2.24) is 9.13 Å². The lowest BCUT2D eigenvalue weighted by Crippen LogP contribution is -2.26. The lowest BCUT2D eigenvalue weighted by Gasteiger charge is -2.31. The number of para-hydroxylation sites is 3. The summed E-state index contributed by atoms with van der Waals surface area (Å²) in [5.41, 5.74) is 22.5. The monoisotopic (exact) mass is 857 g/mol. The molecule has 3 aliphatic rings. The summed E-state index contributed by atoms with van der Waals surface area (Å²) >= 11 is 0. The van der Waals surface area contributed by atoms with Crippen LogP contribution in [0.4, 0.5) is 11.4 Å². The third-order valence-corrected chi connectivity index (χ3v) is 15.6. The van der Waals surface area contributed by atoms with Crippen LogP contribution in [-0.2, 0) is 10.8 Å². The predicted octanol–water partition coefficient (Wildman–Crippen LogP) is 16.8. The molecule has 0 saturated carbocycles. The largest absolute Gasteiger partial charge is 0.313 e. The van der Waals surface area contributed by atoms with Crippen molar-refractivity contribution in [2.24, 2.45) is 0 Å². The highest BCUT2D eigenvalue weighted by Crippen LogP contribution is 2.54. The second-order valence-electron chi connectivity index (χ2n) is 19.5. The van der Waals surface area contributed by atoms with Crippen molar-refractivity contribution >= 4 is 55.0 Å². The molecule has 0 saturated heterocycles. The maximum Gasteiger partial charge on any atom is 0.0541 e. The second kappa shape index (κ2) is 13.9. The van der Waals surface area contributed by atoms with Crippen molar-refractivity contribution in [2.75, 3.05) is 4.90 Å². The molecule has 0 N–H and O–H groups in total. The number of allylic oxidation sites excluding steroid dienone is 4. The summed E-state index contributed by atoms with van der Waals surface area (Å²) in [6.45, 7) is 7.12. The maximum atomic E-state index is 2.49. The van der Waals surface area contributed by atoms with E-state index in [0.717, 1.165) is 12.1 Å². The van der Waals surface area contributed by atoms with Crippen molar-refractivity contribution in [1.29, 1.82) is 0 Å². The average molecular weight is 858 g/mol. The van der Waals surface area contributed by atoms with E-state index < -0.39 is 0 Å². The Morgan fingerprint density at radius 3 is 1.57 bits per heavy atom. The van der Waals surface area contributed by atoms with Gasteiger partial charge in [0.25, 0.3) is 0 Å². The quantitative estimate of drug-likeness (QED) is 0.168. The van der Waals surface area contributed by atoms with Crippen LogP contribution in [0.25, 0.3) is 88.4 Å². The van der Waals surface area contributed by atoms with Gasteiger partial charge in [0.05, 0.1) is 22.1 Å². The Kier molecular flexibility index (Phi) is 7.94. The van der Waals surface area contributed by atoms with Gasteiger partial charge in [-0.3, -0.25) is 0 Å². The first-order valence-electron chi connectivity index (χ1n) is 23.6. The molecular formula is C64H47N3. The van der Waals surface area contributed by atoms with Crippen LogP contribution in [0.15, 0.2) is 224 Å². The van der Waals surface area contributed by atoms with Gasteiger partial charge in [-0.05, 0) is 148 Å². The van der Waals surface area contributed by atoms with Crippen LogP contribution in [0.5, 0.6) is 0 Å². The van der Waals surface area contributed by atoms with E-state index in [4.69, 9.17) is 0 Å². The summed E-state index contributed by atoms with van der Waals surface area (Å²) < 4.78 is 4.88. The molecule has 2 aromatic heterocycles. The SMILES string of the molecule is CC12CC=CC=C1N(c1ccc(-c3ccc4c(c3)c3cc(-c5ccc(-n6c7ccccc7c7ccccc76)cc5)ccc3n4-c3ccc4c(c3)C(C)(C)c3ccccc3-4)cc1)c1ccccc12. The van der Waals surface area contributed by atoms with Gasteiger partial charge in [-0.2, -0.15) is 0 Å². The molecule has 14 rings (SSSR count). The zero-order valence-electron chi connectivity index (χ0n) is 37.8. The highest BCUT2D eigenvalue weighted by atomic mass is 15.2. The fourth-order valence-electron chi connectivity index (χ4n) is 12.2. The molecule has 11 aromatic rings. The van der Waals surface area contributed by atoms with E-state index in [0.29, 0.717) is 0 Å². The number of anilines is 2. The van der Waals surface area contributed by atoms with Gasteiger partial charge in [0.15, 0.2) is 0 Å². The minimum Gasteiger partial charge on any atom is -0.313 e. The first-order valence-corrected chi connectivity index (χ1v) is 23.6. The third kappa shape index (κ3) is 5.40. The molecule has 9 aromatic carbocycles. The topological polar surface area (TPSA) is 13.1 Å². The summed E-state index contributed by atoms with van der Waals surface area (Å²) in [6, 6.07) is 74.8. The predicted molar refractivity (Wildman–Crippen MR) is 281 cm³/mol. The Morgan fingerprint density at radius 2 is 0.896 bits per heavy atom. The minimum atomic E-state index is -0.0986. The van der Waals surface area contributed by atoms with Crippen LogP contribution < -0.4 is 4.90 Å². The number of hydrogen-bond acceptors (Lipinski definition) is 1. The number of fused-ring (bicyclic) bond motifs is 12. The van der Waals surface area contributed by atoms with E-state index in [9.17, 15) is 0 Å². The Bertz CT molecular complexity index is 3880. The van der Waals surface area contributed by atoms with Crippen molar-refractivity contribution in [3.8, 4) is 44.8 Å². The molecule has 2 aliphatic carbocycles. The first-order chi connectivity index (χ1) is 32.8. The van der Waals surface area contributed by atoms with E-state index >= 15 is 0 Å². The van der Waals surface area contributed by atoms with E-state index in [-0.39, 0.29) is 10.8 Å². The average Bonchev–Trinajstić information content (AvgIpc) is 4.05. The summed E-state index contributed by atoms with van der Waals surface area (Å²) in [5.74, 6) is 0. The van der Waals surface area contributed by atoms with Crippen LogP contribution in [0.1, 0.15) is 43.9 Å². The smallest absolute Gasteiger partial charge is 0.0541 e. The van der Waals surface area contributed by atoms with Gasteiger partial charge in [0.2, 0.25) is 0 Å². The highest BCUT2D eigenvalue weighted by molar-refractivity contribution is 6.12. The number of aromatic nitrogens is 2. The number of rotatable bonds is 5. The van der Waals surface area contributed by atoms with Gasteiger partial charge in [-0.15, -0.1) is 0 Å². The zero-order chi connectivity index (χ0) is 44.6. The molecule has 3 heteroatoms. The van der Waals surface area contributed by atoms with E-state index in [1.54, 1.807) is 0 Å². The normalized spacial score (nSPS) is 16.7. The molecule has 0 fully saturated rings. The molecule has 0 radical (unpaired) electrons. The Labute approximate surface area is 390 Å². The van der Waals surface area contributed by atoms with Crippen LogP contribution in [0.2, 0.25) is 0 Å². The van der Waals surface area contributed by atoms with Crippen molar-refractivity contribution in [3.63, 3.8) is 0 Å². The van der Waals surface area contributed by atoms with Crippen LogP contribution >= 0.6 is 0 Å². The van der Waals surface area contributed by atoms with Gasteiger partial charge in [0, 0.05) is 60.8 Å². The van der Waals surface area contributed by atoms with Crippen molar-refractivity contribution in [3.05, 3.63) is 241 Å². The summed E-state index contributed by atoms with van der Waals surface area (Å²) in [5, 5.41) is 5.03. The van der Waals surface area contributed by atoms with E-state index in [2.05, 4.69) is 253 Å². The van der Waals surface area contributed by atoms with Gasteiger partial charge >= 0.3 is 0 Å². The standard InChI is InChI=1S/C64H47N3/c1-63(2)54-17-7-4-14-48(54)49-34-33-47(40-56(49)63)66-59-35-27-43(41-23-29-45(30-24-41)65-57-19-9-5-15-50(57)51-16-6-10-20-58(51)65)38-52(59)53-39-44(28-36-60(53)66)42-25-31-46(32-26-42)67-61-21-11-8-18-55(61)64(3)37-13-12-22-62(64)67/h4-36,38-40H,37H2,1-3H3.